The minimum absolute atomic E-state index is 0.193. The van der Waals surface area contributed by atoms with Gasteiger partial charge in [0.2, 0.25) is 0 Å². The third kappa shape index (κ3) is 4.12. The van der Waals surface area contributed by atoms with Crippen molar-refractivity contribution in [1.82, 2.24) is 4.98 Å². The van der Waals surface area contributed by atoms with E-state index in [1.54, 1.807) is 25.3 Å². The van der Waals surface area contributed by atoms with Crippen LogP contribution in [0.5, 0.6) is 11.5 Å². The Kier molecular flexibility index (Phi) is 5.29. The van der Waals surface area contributed by atoms with Gasteiger partial charge in [0, 0.05) is 13.1 Å². The Morgan fingerprint density at radius 1 is 1.00 bits per heavy atom. The second-order valence-corrected chi connectivity index (χ2v) is 7.65. The van der Waals surface area contributed by atoms with Crippen molar-refractivity contribution < 1.29 is 27.8 Å². The number of alkyl halides is 3. The van der Waals surface area contributed by atoms with Crippen LogP contribution in [0.3, 0.4) is 0 Å². The molecule has 1 aromatic heterocycles. The maximum atomic E-state index is 13.0. The number of para-hydroxylation sites is 2. The van der Waals surface area contributed by atoms with Gasteiger partial charge >= 0.3 is 6.18 Å². The van der Waals surface area contributed by atoms with Crippen LogP contribution in [-0.2, 0) is 6.18 Å². The number of methoxy groups -OCH3 is 1. The second kappa shape index (κ2) is 7.74. The van der Waals surface area contributed by atoms with Gasteiger partial charge in [-0.15, -0.1) is 0 Å². The maximum Gasteiger partial charge on any atom is 0.433 e. The predicted molar refractivity (Wildman–Crippen MR) is 101 cm³/mol. The molecule has 2 aliphatic rings. The summed E-state index contributed by atoms with van der Waals surface area (Å²) in [5.41, 5.74) is -0.887. The van der Waals surface area contributed by atoms with E-state index in [9.17, 15) is 18.3 Å². The predicted octanol–water partition coefficient (Wildman–Crippen LogP) is 3.76. The van der Waals surface area contributed by atoms with Crippen LogP contribution >= 0.6 is 0 Å². The summed E-state index contributed by atoms with van der Waals surface area (Å²) < 4.78 is 50.3. The Morgan fingerprint density at radius 2 is 1.69 bits per heavy atom. The van der Waals surface area contributed by atoms with Crippen molar-refractivity contribution in [3.8, 4) is 11.5 Å². The summed E-state index contributed by atoms with van der Waals surface area (Å²) in [6.45, 7) is 1.18. The lowest BCUT2D eigenvalue weighted by Crippen LogP contribution is -2.42. The number of pyridine rings is 1. The zero-order chi connectivity index (χ0) is 20.6. The van der Waals surface area contributed by atoms with Crippen LogP contribution in [0.2, 0.25) is 0 Å². The smallest absolute Gasteiger partial charge is 0.433 e. The number of anilines is 1. The first-order valence-electron chi connectivity index (χ1n) is 9.62. The van der Waals surface area contributed by atoms with Crippen molar-refractivity contribution in [3.63, 3.8) is 0 Å². The van der Waals surface area contributed by atoms with E-state index in [1.165, 1.54) is 6.07 Å². The summed E-state index contributed by atoms with van der Waals surface area (Å²) in [5.74, 6) is 1.91. The molecule has 0 radical (unpaired) electrons. The number of benzene rings is 1. The van der Waals surface area contributed by atoms with Crippen LogP contribution in [0.1, 0.15) is 18.5 Å². The molecule has 2 heterocycles. The average molecular weight is 408 g/mol. The van der Waals surface area contributed by atoms with Gasteiger partial charge in [-0.05, 0) is 48.9 Å². The zero-order valence-corrected chi connectivity index (χ0v) is 16.0. The first-order chi connectivity index (χ1) is 13.8. The molecule has 0 amide bonds. The lowest BCUT2D eigenvalue weighted by molar-refractivity contribution is -0.141. The average Bonchev–Trinajstić information content (AvgIpc) is 3.11. The molecule has 1 aliphatic carbocycles. The molecule has 0 spiro atoms. The molecule has 1 N–H and O–H groups in total. The number of fused-ring (bicyclic) bond motifs is 1. The number of aliphatic hydroxyl groups is 1. The van der Waals surface area contributed by atoms with E-state index in [1.807, 2.05) is 17.0 Å². The molecule has 2 fully saturated rings. The summed E-state index contributed by atoms with van der Waals surface area (Å²) in [5, 5.41) is 10.6. The molecule has 0 bridgehead atoms. The van der Waals surface area contributed by atoms with Gasteiger partial charge in [0.25, 0.3) is 0 Å². The Bertz CT molecular complexity index is 861. The first kappa shape index (κ1) is 19.8. The van der Waals surface area contributed by atoms with Gasteiger partial charge < -0.3 is 19.5 Å². The fraction of sp³-hybridized carbons (Fsp3) is 0.476. The van der Waals surface area contributed by atoms with E-state index in [2.05, 4.69) is 4.98 Å². The molecular weight excluding hydrogens is 385 g/mol. The lowest BCUT2D eigenvalue weighted by Gasteiger charge is -2.35. The van der Waals surface area contributed by atoms with Crippen molar-refractivity contribution in [2.24, 2.45) is 11.8 Å². The molecule has 1 saturated carbocycles. The molecular formula is C21H23F3N2O3. The fourth-order valence-corrected chi connectivity index (χ4v) is 4.34. The Hall–Kier alpha value is -2.48. The number of nitrogens with zero attached hydrogens (tertiary/aromatic N) is 2. The summed E-state index contributed by atoms with van der Waals surface area (Å²) >= 11 is 0. The summed E-state index contributed by atoms with van der Waals surface area (Å²) in [6, 6.07) is 11.2. The van der Waals surface area contributed by atoms with Gasteiger partial charge in [-0.3, -0.25) is 0 Å². The van der Waals surface area contributed by atoms with Gasteiger partial charge in [-0.25, -0.2) is 4.98 Å². The highest BCUT2D eigenvalue weighted by molar-refractivity contribution is 5.42. The molecule has 156 valence electrons. The molecule has 4 rings (SSSR count). The number of aromatic nitrogens is 1. The van der Waals surface area contributed by atoms with Crippen molar-refractivity contribution >= 4 is 5.82 Å². The normalized spacial score (nSPS) is 26.9. The highest BCUT2D eigenvalue weighted by Gasteiger charge is 2.43. The molecule has 29 heavy (non-hydrogen) atoms. The molecule has 0 unspecified atom stereocenters. The highest BCUT2D eigenvalue weighted by atomic mass is 19.4. The number of hydrogen-bond donors (Lipinski definition) is 1. The van der Waals surface area contributed by atoms with E-state index in [0.717, 1.165) is 6.07 Å². The molecule has 1 aromatic carbocycles. The van der Waals surface area contributed by atoms with Crippen molar-refractivity contribution in [2.45, 2.75) is 31.2 Å². The Labute approximate surface area is 167 Å². The zero-order valence-electron chi connectivity index (χ0n) is 16.0. The first-order valence-corrected chi connectivity index (χ1v) is 9.62. The van der Waals surface area contributed by atoms with E-state index in [0.29, 0.717) is 43.2 Å². The molecule has 1 saturated heterocycles. The van der Waals surface area contributed by atoms with Gasteiger partial charge in [0.1, 0.15) is 17.6 Å². The quantitative estimate of drug-likeness (QED) is 0.835. The number of rotatable bonds is 4. The molecule has 4 atom stereocenters. The third-order valence-corrected chi connectivity index (χ3v) is 5.78. The van der Waals surface area contributed by atoms with Crippen LogP contribution in [0, 0.1) is 11.8 Å². The van der Waals surface area contributed by atoms with Crippen molar-refractivity contribution in [3.05, 3.63) is 48.2 Å². The largest absolute Gasteiger partial charge is 0.493 e. The molecule has 1 aliphatic heterocycles. The minimum Gasteiger partial charge on any atom is -0.493 e. The standard InChI is InChI=1S/C21H23F3N2O3/c1-28-16-5-2-3-6-17(16)29-18-10-14-12-26(11-13(14)9-15(18)27)20-8-4-7-19(25-20)21(22,23)24/h2-8,13-15,18,27H,9-12H2,1H3/t13-,14+,15+,18+/m0/s1. The summed E-state index contributed by atoms with van der Waals surface area (Å²) in [4.78, 5) is 5.68. The maximum absolute atomic E-state index is 13.0. The number of hydrogen-bond acceptors (Lipinski definition) is 5. The third-order valence-electron chi connectivity index (χ3n) is 5.78. The summed E-state index contributed by atoms with van der Waals surface area (Å²) in [7, 11) is 1.56. The van der Waals surface area contributed by atoms with E-state index >= 15 is 0 Å². The van der Waals surface area contributed by atoms with Crippen molar-refractivity contribution in [2.75, 3.05) is 25.1 Å². The number of ether oxygens (including phenoxy) is 2. The number of halogens is 3. The monoisotopic (exact) mass is 408 g/mol. The topological polar surface area (TPSA) is 54.8 Å². The van der Waals surface area contributed by atoms with Crippen LogP contribution in [0.15, 0.2) is 42.5 Å². The van der Waals surface area contributed by atoms with E-state index in [4.69, 9.17) is 9.47 Å². The van der Waals surface area contributed by atoms with E-state index in [-0.39, 0.29) is 17.9 Å². The van der Waals surface area contributed by atoms with Crippen LogP contribution in [0.25, 0.3) is 0 Å². The Morgan fingerprint density at radius 3 is 2.38 bits per heavy atom. The fourth-order valence-electron chi connectivity index (χ4n) is 4.34. The second-order valence-electron chi connectivity index (χ2n) is 7.65. The van der Waals surface area contributed by atoms with Gasteiger partial charge in [0.15, 0.2) is 11.5 Å². The summed E-state index contributed by atoms with van der Waals surface area (Å²) in [6.07, 6.45) is -4.33. The van der Waals surface area contributed by atoms with E-state index < -0.39 is 18.0 Å². The van der Waals surface area contributed by atoms with Gasteiger partial charge in [-0.1, -0.05) is 18.2 Å². The minimum atomic E-state index is -4.47. The van der Waals surface area contributed by atoms with Crippen LogP contribution in [0.4, 0.5) is 19.0 Å². The van der Waals surface area contributed by atoms with Crippen LogP contribution < -0.4 is 14.4 Å². The molecule has 8 heteroatoms. The molecule has 5 nitrogen and oxygen atoms in total. The molecule has 2 aromatic rings. The van der Waals surface area contributed by atoms with Gasteiger partial charge in [-0.2, -0.15) is 13.2 Å². The van der Waals surface area contributed by atoms with Crippen LogP contribution in [-0.4, -0.2) is 42.5 Å². The lowest BCUT2D eigenvalue weighted by atomic mass is 9.78. The number of aliphatic hydroxyl groups excluding tert-OH is 1. The van der Waals surface area contributed by atoms with Gasteiger partial charge in [0.05, 0.1) is 13.2 Å². The SMILES string of the molecule is COc1ccccc1O[C@@H]1C[C@@H]2CN(c3cccc(C(F)(F)F)n3)C[C@@H]2C[C@H]1O. The van der Waals surface area contributed by atoms with Crippen molar-refractivity contribution in [1.29, 1.82) is 0 Å². The Balaban J connectivity index is 1.47. The highest BCUT2D eigenvalue weighted by Crippen LogP contribution is 2.40.